The first-order chi connectivity index (χ1) is 13.8. The molecule has 3 aromatic rings. The highest BCUT2D eigenvalue weighted by Crippen LogP contribution is 2.35. The number of aryl methyl sites for hydroxylation is 1. The second-order valence-corrected chi connectivity index (χ2v) is 8.67. The maximum absolute atomic E-state index is 13.3. The predicted molar refractivity (Wildman–Crippen MR) is 123 cm³/mol. The van der Waals surface area contributed by atoms with Gasteiger partial charge in [-0.05, 0) is 62.9 Å². The summed E-state index contributed by atoms with van der Waals surface area (Å²) in [6, 6.07) is 14.6. The van der Waals surface area contributed by atoms with Crippen LogP contribution in [0.3, 0.4) is 0 Å². The first-order valence-corrected chi connectivity index (χ1v) is 10.9. The zero-order valence-electron chi connectivity index (χ0n) is 18.0. The standard InChI is InChI=1S/C25H31ClN2O/c1-6-18-8-7-9-21-23(15-27-25(18)21)22(19-10-12-20(26)13-11-19)14-24(29)28(16(2)3)17(4)5/h7-13,15-17,22,27H,6,14H2,1-5H3. The molecule has 0 radical (unpaired) electrons. The second kappa shape index (κ2) is 9.04. The number of nitrogens with zero attached hydrogens (tertiary/aromatic N) is 1. The van der Waals surface area contributed by atoms with Crippen LogP contribution in [0.4, 0.5) is 0 Å². The van der Waals surface area contributed by atoms with Crippen molar-refractivity contribution >= 4 is 28.4 Å². The van der Waals surface area contributed by atoms with Gasteiger partial charge in [-0.3, -0.25) is 4.79 Å². The second-order valence-electron chi connectivity index (χ2n) is 8.23. The summed E-state index contributed by atoms with van der Waals surface area (Å²) in [6.07, 6.45) is 3.48. The molecule has 0 aliphatic heterocycles. The Bertz CT molecular complexity index is 964. The number of fused-ring (bicyclic) bond motifs is 1. The summed E-state index contributed by atoms with van der Waals surface area (Å²) in [5.41, 5.74) is 4.73. The fraction of sp³-hybridized carbons (Fsp3) is 0.400. The van der Waals surface area contributed by atoms with Crippen molar-refractivity contribution in [2.24, 2.45) is 0 Å². The number of nitrogens with one attached hydrogen (secondary N) is 1. The Morgan fingerprint density at radius 2 is 1.69 bits per heavy atom. The summed E-state index contributed by atoms with van der Waals surface area (Å²) in [5.74, 6) is 0.150. The molecule has 0 saturated carbocycles. The molecule has 1 N–H and O–H groups in total. The smallest absolute Gasteiger partial charge is 0.223 e. The highest BCUT2D eigenvalue weighted by atomic mass is 35.5. The van der Waals surface area contributed by atoms with Crippen LogP contribution in [-0.4, -0.2) is 27.9 Å². The van der Waals surface area contributed by atoms with Crippen LogP contribution in [0.25, 0.3) is 10.9 Å². The van der Waals surface area contributed by atoms with Gasteiger partial charge in [-0.1, -0.05) is 48.9 Å². The molecule has 0 spiro atoms. The van der Waals surface area contributed by atoms with Gasteiger partial charge < -0.3 is 9.88 Å². The number of hydrogen-bond acceptors (Lipinski definition) is 1. The third-order valence-electron chi connectivity index (χ3n) is 5.64. The van der Waals surface area contributed by atoms with E-state index in [-0.39, 0.29) is 23.9 Å². The van der Waals surface area contributed by atoms with E-state index < -0.39 is 0 Å². The van der Waals surface area contributed by atoms with Crippen molar-refractivity contribution in [1.29, 1.82) is 0 Å². The van der Waals surface area contributed by atoms with Crippen LogP contribution >= 0.6 is 11.6 Å². The van der Waals surface area contributed by atoms with Gasteiger partial charge in [0.05, 0.1) is 0 Å². The molecule has 0 fully saturated rings. The van der Waals surface area contributed by atoms with Crippen LogP contribution in [0.1, 0.15) is 63.6 Å². The van der Waals surface area contributed by atoms with Crippen LogP contribution in [0.15, 0.2) is 48.7 Å². The van der Waals surface area contributed by atoms with Gasteiger partial charge >= 0.3 is 0 Å². The van der Waals surface area contributed by atoms with E-state index in [0.717, 1.165) is 12.0 Å². The van der Waals surface area contributed by atoms with Gasteiger partial charge in [0.25, 0.3) is 0 Å². The van der Waals surface area contributed by atoms with Crippen molar-refractivity contribution in [1.82, 2.24) is 9.88 Å². The average Bonchev–Trinajstić information content (AvgIpc) is 3.10. The molecule has 0 bridgehead atoms. The molecule has 2 aromatic carbocycles. The number of amides is 1. The van der Waals surface area contributed by atoms with Crippen LogP contribution in [-0.2, 0) is 11.2 Å². The summed E-state index contributed by atoms with van der Waals surface area (Å²) in [5, 5.41) is 1.90. The van der Waals surface area contributed by atoms with Crippen molar-refractivity contribution in [2.45, 2.75) is 65.5 Å². The first-order valence-electron chi connectivity index (χ1n) is 10.5. The number of para-hydroxylation sites is 1. The quantitative estimate of drug-likeness (QED) is 0.470. The van der Waals surface area contributed by atoms with Crippen molar-refractivity contribution in [2.75, 3.05) is 0 Å². The minimum Gasteiger partial charge on any atom is -0.361 e. The minimum atomic E-state index is -0.0272. The summed E-state index contributed by atoms with van der Waals surface area (Å²) >= 11 is 6.13. The molecule has 154 valence electrons. The van der Waals surface area contributed by atoms with Gasteiger partial charge in [-0.15, -0.1) is 0 Å². The van der Waals surface area contributed by atoms with E-state index in [0.29, 0.717) is 11.4 Å². The third-order valence-corrected chi connectivity index (χ3v) is 5.89. The Balaban J connectivity index is 2.07. The highest BCUT2D eigenvalue weighted by Gasteiger charge is 2.27. The van der Waals surface area contributed by atoms with Crippen LogP contribution in [0.5, 0.6) is 0 Å². The molecule has 3 rings (SSSR count). The van der Waals surface area contributed by atoms with Gasteiger partial charge in [0.15, 0.2) is 0 Å². The Hall–Kier alpha value is -2.26. The number of carbonyl (C=O) groups excluding carboxylic acids is 1. The molecular weight excluding hydrogens is 380 g/mol. The predicted octanol–water partition coefficient (Wildman–Crippen LogP) is 6.55. The van der Waals surface area contributed by atoms with Crippen LogP contribution in [0, 0.1) is 0 Å². The van der Waals surface area contributed by atoms with Gasteiger partial charge in [0.1, 0.15) is 0 Å². The molecule has 1 atom stereocenters. The zero-order valence-corrected chi connectivity index (χ0v) is 18.8. The number of aromatic nitrogens is 1. The van der Waals surface area contributed by atoms with Crippen molar-refractivity contribution in [3.8, 4) is 0 Å². The van der Waals surface area contributed by atoms with Crippen molar-refractivity contribution in [3.63, 3.8) is 0 Å². The molecule has 4 heteroatoms. The minimum absolute atomic E-state index is 0.0272. The van der Waals surface area contributed by atoms with E-state index >= 15 is 0 Å². The molecule has 1 unspecified atom stereocenters. The molecule has 0 aliphatic carbocycles. The molecular formula is C25H31ClN2O. The van der Waals surface area contributed by atoms with Crippen LogP contribution in [0.2, 0.25) is 5.02 Å². The molecule has 0 saturated heterocycles. The molecule has 1 amide bonds. The number of hydrogen-bond donors (Lipinski definition) is 1. The third kappa shape index (κ3) is 4.51. The molecule has 1 heterocycles. The monoisotopic (exact) mass is 410 g/mol. The average molecular weight is 411 g/mol. The lowest BCUT2D eigenvalue weighted by molar-refractivity contribution is -0.135. The summed E-state index contributed by atoms with van der Waals surface area (Å²) in [6.45, 7) is 10.5. The molecule has 1 aromatic heterocycles. The Kier molecular flexibility index (Phi) is 6.69. The van der Waals surface area contributed by atoms with Crippen molar-refractivity contribution in [3.05, 3.63) is 70.4 Å². The largest absolute Gasteiger partial charge is 0.361 e. The summed E-state index contributed by atoms with van der Waals surface area (Å²) < 4.78 is 0. The maximum atomic E-state index is 13.3. The van der Waals surface area contributed by atoms with Gasteiger partial charge in [-0.2, -0.15) is 0 Å². The van der Waals surface area contributed by atoms with Gasteiger partial charge in [-0.25, -0.2) is 0 Å². The SMILES string of the molecule is CCc1cccc2c(C(CC(=O)N(C(C)C)C(C)C)c3ccc(Cl)cc3)c[nH]c12. The summed E-state index contributed by atoms with van der Waals surface area (Å²) in [4.78, 5) is 18.8. The number of halogens is 1. The Labute approximate surface area is 179 Å². The Morgan fingerprint density at radius 3 is 2.28 bits per heavy atom. The molecule has 3 nitrogen and oxygen atoms in total. The maximum Gasteiger partial charge on any atom is 0.223 e. The summed E-state index contributed by atoms with van der Waals surface area (Å²) in [7, 11) is 0. The lowest BCUT2D eigenvalue weighted by Gasteiger charge is -2.32. The normalized spacial score (nSPS) is 12.7. The number of carbonyl (C=O) groups is 1. The van der Waals surface area contributed by atoms with Crippen molar-refractivity contribution < 1.29 is 4.79 Å². The zero-order chi connectivity index (χ0) is 21.1. The molecule has 0 aliphatic rings. The fourth-order valence-corrected chi connectivity index (χ4v) is 4.50. The van der Waals surface area contributed by atoms with E-state index in [1.807, 2.05) is 29.2 Å². The van der Waals surface area contributed by atoms with E-state index in [1.54, 1.807) is 0 Å². The number of H-pyrrole nitrogens is 1. The number of aromatic amines is 1. The van der Waals surface area contributed by atoms with E-state index in [2.05, 4.69) is 64.0 Å². The van der Waals surface area contributed by atoms with Crippen LogP contribution < -0.4 is 0 Å². The number of benzene rings is 2. The van der Waals surface area contributed by atoms with E-state index in [4.69, 9.17) is 11.6 Å². The first kappa shape index (κ1) is 21.4. The van der Waals surface area contributed by atoms with E-state index in [9.17, 15) is 4.79 Å². The molecule has 29 heavy (non-hydrogen) atoms. The van der Waals surface area contributed by atoms with Gasteiger partial charge in [0, 0.05) is 46.5 Å². The highest BCUT2D eigenvalue weighted by molar-refractivity contribution is 6.30. The van der Waals surface area contributed by atoms with Gasteiger partial charge in [0.2, 0.25) is 5.91 Å². The fourth-order valence-electron chi connectivity index (χ4n) is 4.38. The van der Waals surface area contributed by atoms with E-state index in [1.165, 1.54) is 22.0 Å². The lowest BCUT2D eigenvalue weighted by atomic mass is 9.87. The lowest BCUT2D eigenvalue weighted by Crippen LogP contribution is -2.42. The number of rotatable bonds is 7. The topological polar surface area (TPSA) is 36.1 Å². The Morgan fingerprint density at radius 1 is 1.03 bits per heavy atom.